The number of pyridine rings is 1. The van der Waals surface area contributed by atoms with Crippen molar-refractivity contribution in [2.45, 2.75) is 0 Å². The van der Waals surface area contributed by atoms with E-state index in [4.69, 9.17) is 4.74 Å². The van der Waals surface area contributed by atoms with Crippen molar-refractivity contribution in [2.75, 3.05) is 7.11 Å². The quantitative estimate of drug-likeness (QED) is 0.540. The largest absolute Gasteiger partial charge is 0.494 e. The Balaban J connectivity index is 2.43. The van der Waals surface area contributed by atoms with Crippen LogP contribution < -0.4 is 4.74 Å². The molecule has 0 saturated heterocycles. The molecule has 0 spiro atoms. The van der Waals surface area contributed by atoms with Crippen LogP contribution in [0.5, 0.6) is 5.75 Å². The predicted molar refractivity (Wildman–Crippen MR) is 80.4 cm³/mol. The third-order valence-corrected chi connectivity index (χ3v) is 3.33. The van der Waals surface area contributed by atoms with Gasteiger partial charge in [-0.1, -0.05) is 30.3 Å². The topological polar surface area (TPSA) is 65.3 Å². The van der Waals surface area contributed by atoms with Crippen LogP contribution in [0.25, 0.3) is 22.0 Å². The van der Waals surface area contributed by atoms with Crippen LogP contribution in [0.2, 0.25) is 0 Å². The fourth-order valence-electron chi connectivity index (χ4n) is 2.40. The van der Waals surface area contributed by atoms with E-state index < -0.39 is 4.92 Å². The van der Waals surface area contributed by atoms with Crippen molar-refractivity contribution in [3.05, 3.63) is 64.8 Å². The lowest BCUT2D eigenvalue weighted by Gasteiger charge is -2.09. The molecule has 0 saturated carbocycles. The number of ether oxygens (including phenoxy) is 1. The summed E-state index contributed by atoms with van der Waals surface area (Å²) < 4.78 is 5.27. The van der Waals surface area contributed by atoms with Gasteiger partial charge in [-0.15, -0.1) is 0 Å². The molecule has 1 heterocycles. The van der Waals surface area contributed by atoms with Crippen LogP contribution in [0.15, 0.2) is 54.7 Å². The second-order valence-corrected chi connectivity index (χ2v) is 4.49. The van der Waals surface area contributed by atoms with Crippen molar-refractivity contribution in [1.82, 2.24) is 4.98 Å². The van der Waals surface area contributed by atoms with Gasteiger partial charge in [-0.05, 0) is 23.3 Å². The highest BCUT2D eigenvalue weighted by Crippen LogP contribution is 2.38. The molecular weight excluding hydrogens is 268 g/mol. The number of methoxy groups -OCH3 is 1. The third kappa shape index (κ3) is 2.18. The summed E-state index contributed by atoms with van der Waals surface area (Å²) in [5, 5.41) is 11.8. The number of fused-ring (bicyclic) bond motifs is 1. The standard InChI is InChI=1S/C16H12N2O3/c1-21-14-8-7-13(18(19)20)15-12(9-10-17-16(14)15)11-5-3-2-4-6-11/h2-10H,1H3. The molecule has 0 amide bonds. The molecular formula is C16H12N2O3. The van der Waals surface area contributed by atoms with Gasteiger partial charge < -0.3 is 4.74 Å². The minimum Gasteiger partial charge on any atom is -0.494 e. The zero-order valence-corrected chi connectivity index (χ0v) is 11.3. The molecule has 21 heavy (non-hydrogen) atoms. The molecule has 0 fully saturated rings. The lowest BCUT2D eigenvalue weighted by atomic mass is 10.00. The summed E-state index contributed by atoms with van der Waals surface area (Å²) in [6.07, 6.45) is 1.64. The first-order valence-corrected chi connectivity index (χ1v) is 6.38. The van der Waals surface area contributed by atoms with E-state index in [0.717, 1.165) is 11.1 Å². The van der Waals surface area contributed by atoms with Crippen LogP contribution in [-0.2, 0) is 0 Å². The summed E-state index contributed by atoms with van der Waals surface area (Å²) in [5.41, 5.74) is 2.19. The number of nitro groups is 1. The van der Waals surface area contributed by atoms with E-state index in [-0.39, 0.29) is 5.69 Å². The van der Waals surface area contributed by atoms with Crippen LogP contribution in [0.1, 0.15) is 0 Å². The number of benzene rings is 2. The van der Waals surface area contributed by atoms with E-state index in [2.05, 4.69) is 4.98 Å². The average Bonchev–Trinajstić information content (AvgIpc) is 2.53. The number of rotatable bonds is 3. The van der Waals surface area contributed by atoms with E-state index in [1.807, 2.05) is 30.3 Å². The zero-order valence-electron chi connectivity index (χ0n) is 11.3. The third-order valence-electron chi connectivity index (χ3n) is 3.33. The first-order chi connectivity index (χ1) is 10.2. The van der Waals surface area contributed by atoms with E-state index >= 15 is 0 Å². The Kier molecular flexibility index (Phi) is 3.23. The number of aromatic nitrogens is 1. The van der Waals surface area contributed by atoms with Gasteiger partial charge in [0, 0.05) is 12.3 Å². The van der Waals surface area contributed by atoms with Crippen molar-refractivity contribution in [3.63, 3.8) is 0 Å². The molecule has 0 aliphatic carbocycles. The van der Waals surface area contributed by atoms with Gasteiger partial charge in [0.15, 0.2) is 0 Å². The van der Waals surface area contributed by atoms with E-state index in [9.17, 15) is 10.1 Å². The molecule has 0 radical (unpaired) electrons. The van der Waals surface area contributed by atoms with Gasteiger partial charge in [0.2, 0.25) is 0 Å². The van der Waals surface area contributed by atoms with Gasteiger partial charge >= 0.3 is 0 Å². The summed E-state index contributed by atoms with van der Waals surface area (Å²) >= 11 is 0. The first-order valence-electron chi connectivity index (χ1n) is 6.38. The molecule has 0 aliphatic rings. The molecule has 5 heteroatoms. The maximum atomic E-state index is 11.3. The van der Waals surface area contributed by atoms with Crippen molar-refractivity contribution in [2.24, 2.45) is 0 Å². The highest BCUT2D eigenvalue weighted by Gasteiger charge is 2.19. The summed E-state index contributed by atoms with van der Waals surface area (Å²) in [4.78, 5) is 15.2. The number of nitro benzene ring substituents is 1. The zero-order chi connectivity index (χ0) is 14.8. The predicted octanol–water partition coefficient (Wildman–Crippen LogP) is 3.82. The van der Waals surface area contributed by atoms with Gasteiger partial charge in [-0.25, -0.2) is 0 Å². The van der Waals surface area contributed by atoms with Gasteiger partial charge in [-0.2, -0.15) is 0 Å². The Bertz CT molecular complexity index is 816. The van der Waals surface area contributed by atoms with Gasteiger partial charge in [0.1, 0.15) is 11.3 Å². The summed E-state index contributed by atoms with van der Waals surface area (Å²) in [6.45, 7) is 0. The molecule has 3 aromatic rings. The van der Waals surface area contributed by atoms with Crippen LogP contribution in [0, 0.1) is 10.1 Å². The van der Waals surface area contributed by atoms with Crippen LogP contribution in [-0.4, -0.2) is 17.0 Å². The Morgan fingerprint density at radius 1 is 1.10 bits per heavy atom. The molecule has 104 valence electrons. The number of hydrogen-bond acceptors (Lipinski definition) is 4. The number of hydrogen-bond donors (Lipinski definition) is 0. The fourth-order valence-corrected chi connectivity index (χ4v) is 2.40. The van der Waals surface area contributed by atoms with Crippen LogP contribution in [0.3, 0.4) is 0 Å². The Morgan fingerprint density at radius 2 is 1.86 bits per heavy atom. The maximum absolute atomic E-state index is 11.3. The summed E-state index contributed by atoms with van der Waals surface area (Å²) in [5.74, 6) is 0.522. The molecule has 1 aromatic heterocycles. The molecule has 5 nitrogen and oxygen atoms in total. The summed E-state index contributed by atoms with van der Waals surface area (Å²) in [7, 11) is 1.53. The van der Waals surface area contributed by atoms with Crippen molar-refractivity contribution >= 4 is 16.6 Å². The highest BCUT2D eigenvalue weighted by molar-refractivity contribution is 6.03. The lowest BCUT2D eigenvalue weighted by Crippen LogP contribution is -1.95. The van der Waals surface area contributed by atoms with Crippen LogP contribution >= 0.6 is 0 Å². The Labute approximate surface area is 121 Å². The van der Waals surface area contributed by atoms with E-state index in [1.54, 1.807) is 18.3 Å². The van der Waals surface area contributed by atoms with E-state index in [0.29, 0.717) is 16.7 Å². The van der Waals surface area contributed by atoms with Crippen molar-refractivity contribution in [3.8, 4) is 16.9 Å². The molecule has 0 unspecified atom stereocenters. The highest BCUT2D eigenvalue weighted by atomic mass is 16.6. The van der Waals surface area contributed by atoms with Crippen molar-refractivity contribution in [1.29, 1.82) is 0 Å². The monoisotopic (exact) mass is 280 g/mol. The minimum atomic E-state index is -0.393. The van der Waals surface area contributed by atoms with E-state index in [1.165, 1.54) is 13.2 Å². The smallest absolute Gasteiger partial charge is 0.279 e. The minimum absolute atomic E-state index is 0.0257. The molecule has 2 aromatic carbocycles. The molecule has 0 atom stereocenters. The number of non-ortho nitro benzene ring substituents is 1. The second-order valence-electron chi connectivity index (χ2n) is 4.49. The van der Waals surface area contributed by atoms with Gasteiger partial charge in [-0.3, -0.25) is 15.1 Å². The maximum Gasteiger partial charge on any atom is 0.279 e. The average molecular weight is 280 g/mol. The normalized spacial score (nSPS) is 10.5. The van der Waals surface area contributed by atoms with Crippen LogP contribution in [0.4, 0.5) is 5.69 Å². The second kappa shape index (κ2) is 5.20. The molecule has 3 rings (SSSR count). The first kappa shape index (κ1) is 13.1. The molecule has 0 N–H and O–H groups in total. The fraction of sp³-hybridized carbons (Fsp3) is 0.0625. The lowest BCUT2D eigenvalue weighted by molar-refractivity contribution is -0.383. The molecule has 0 aliphatic heterocycles. The number of nitrogens with zero attached hydrogens (tertiary/aromatic N) is 2. The van der Waals surface area contributed by atoms with Gasteiger partial charge in [0.25, 0.3) is 5.69 Å². The molecule has 0 bridgehead atoms. The Hall–Kier alpha value is -2.95. The Morgan fingerprint density at radius 3 is 2.52 bits per heavy atom. The van der Waals surface area contributed by atoms with Gasteiger partial charge in [0.05, 0.1) is 17.4 Å². The van der Waals surface area contributed by atoms with Crippen molar-refractivity contribution < 1.29 is 9.66 Å². The summed E-state index contributed by atoms with van der Waals surface area (Å²) in [6, 6.07) is 14.3. The SMILES string of the molecule is COc1ccc([N+](=O)[O-])c2c(-c3ccccc3)ccnc12.